The summed E-state index contributed by atoms with van der Waals surface area (Å²) >= 11 is 0. The lowest BCUT2D eigenvalue weighted by Crippen LogP contribution is -2.36. The van der Waals surface area contributed by atoms with E-state index in [1.165, 1.54) is 0 Å². The first kappa shape index (κ1) is 13.9. The number of amides is 2. The average molecular weight is 215 g/mol. The Kier molecular flexibility index (Phi) is 6.70. The number of primary amides is 1. The minimum Gasteiger partial charge on any atom is -0.368 e. The zero-order chi connectivity index (χ0) is 11.8. The molecule has 2 amide bonds. The molecule has 5 heteroatoms. The van der Waals surface area contributed by atoms with E-state index in [9.17, 15) is 9.59 Å². The van der Waals surface area contributed by atoms with Crippen molar-refractivity contribution in [1.82, 2.24) is 5.32 Å². The van der Waals surface area contributed by atoms with E-state index < -0.39 is 5.91 Å². The van der Waals surface area contributed by atoms with Gasteiger partial charge in [0.05, 0.1) is 6.54 Å². The SMILES string of the molecule is CC(N)CCCC(C)C(=O)NCC(N)=O. The van der Waals surface area contributed by atoms with Crippen LogP contribution in [0, 0.1) is 5.92 Å². The lowest BCUT2D eigenvalue weighted by Gasteiger charge is -2.11. The van der Waals surface area contributed by atoms with E-state index in [0.717, 1.165) is 19.3 Å². The maximum Gasteiger partial charge on any atom is 0.236 e. The Morgan fingerprint density at radius 2 is 1.87 bits per heavy atom. The topological polar surface area (TPSA) is 98.2 Å². The molecule has 0 spiro atoms. The number of rotatable bonds is 7. The molecule has 2 atom stereocenters. The predicted octanol–water partition coefficient (Wildman–Crippen LogP) is -0.258. The molecule has 88 valence electrons. The summed E-state index contributed by atoms with van der Waals surface area (Å²) in [4.78, 5) is 21.8. The molecule has 0 aliphatic rings. The third-order valence-corrected chi connectivity index (χ3v) is 2.18. The van der Waals surface area contributed by atoms with Gasteiger partial charge in [0.1, 0.15) is 0 Å². The van der Waals surface area contributed by atoms with E-state index >= 15 is 0 Å². The molecule has 5 nitrogen and oxygen atoms in total. The molecule has 0 saturated heterocycles. The van der Waals surface area contributed by atoms with Crippen LogP contribution >= 0.6 is 0 Å². The number of nitrogens with two attached hydrogens (primary N) is 2. The van der Waals surface area contributed by atoms with Gasteiger partial charge in [0.15, 0.2) is 0 Å². The van der Waals surface area contributed by atoms with Crippen LogP contribution in [-0.2, 0) is 9.59 Å². The maximum absolute atomic E-state index is 11.4. The highest BCUT2D eigenvalue weighted by Crippen LogP contribution is 2.08. The van der Waals surface area contributed by atoms with Crippen molar-refractivity contribution in [1.29, 1.82) is 0 Å². The summed E-state index contributed by atoms with van der Waals surface area (Å²) in [5.41, 5.74) is 10.5. The summed E-state index contributed by atoms with van der Waals surface area (Å²) in [5, 5.41) is 2.48. The number of hydrogen-bond acceptors (Lipinski definition) is 3. The fourth-order valence-electron chi connectivity index (χ4n) is 1.23. The van der Waals surface area contributed by atoms with Crippen molar-refractivity contribution in [3.63, 3.8) is 0 Å². The highest BCUT2D eigenvalue weighted by molar-refractivity contribution is 5.84. The van der Waals surface area contributed by atoms with Crippen molar-refractivity contribution in [2.24, 2.45) is 17.4 Å². The first-order valence-electron chi connectivity index (χ1n) is 5.25. The molecule has 0 heterocycles. The van der Waals surface area contributed by atoms with E-state index in [-0.39, 0.29) is 24.4 Å². The maximum atomic E-state index is 11.4. The van der Waals surface area contributed by atoms with Crippen molar-refractivity contribution in [3.8, 4) is 0 Å². The third kappa shape index (κ3) is 7.93. The van der Waals surface area contributed by atoms with E-state index in [4.69, 9.17) is 11.5 Å². The molecule has 0 aromatic carbocycles. The van der Waals surface area contributed by atoms with Gasteiger partial charge in [-0.05, 0) is 19.8 Å². The van der Waals surface area contributed by atoms with Gasteiger partial charge in [-0.15, -0.1) is 0 Å². The van der Waals surface area contributed by atoms with E-state index in [1.807, 2.05) is 13.8 Å². The molecule has 0 aromatic heterocycles. The summed E-state index contributed by atoms with van der Waals surface area (Å²) in [5.74, 6) is -0.743. The zero-order valence-corrected chi connectivity index (χ0v) is 9.45. The molecule has 15 heavy (non-hydrogen) atoms. The Morgan fingerprint density at radius 1 is 1.27 bits per heavy atom. The number of carbonyl (C=O) groups is 2. The average Bonchev–Trinajstić information content (AvgIpc) is 2.13. The summed E-state index contributed by atoms with van der Waals surface area (Å²) in [6.45, 7) is 3.69. The van der Waals surface area contributed by atoms with E-state index in [0.29, 0.717) is 0 Å². The Hall–Kier alpha value is -1.10. The second kappa shape index (κ2) is 7.23. The minimum atomic E-state index is -0.522. The van der Waals surface area contributed by atoms with Gasteiger partial charge in [0, 0.05) is 12.0 Å². The van der Waals surface area contributed by atoms with Crippen molar-refractivity contribution in [3.05, 3.63) is 0 Å². The van der Waals surface area contributed by atoms with Crippen LogP contribution in [0.1, 0.15) is 33.1 Å². The van der Waals surface area contributed by atoms with Gasteiger partial charge >= 0.3 is 0 Å². The standard InChI is InChI=1S/C10H21N3O2/c1-7(4-3-5-8(2)11)10(15)13-6-9(12)14/h7-8H,3-6,11H2,1-2H3,(H2,12,14)(H,13,15). The van der Waals surface area contributed by atoms with E-state index in [1.54, 1.807) is 0 Å². The van der Waals surface area contributed by atoms with Crippen LogP contribution in [0.15, 0.2) is 0 Å². The van der Waals surface area contributed by atoms with Gasteiger partial charge in [-0.25, -0.2) is 0 Å². The Balaban J connectivity index is 3.64. The lowest BCUT2D eigenvalue weighted by molar-refractivity contribution is -0.127. The van der Waals surface area contributed by atoms with Crippen LogP contribution in [-0.4, -0.2) is 24.4 Å². The summed E-state index contributed by atoms with van der Waals surface area (Å²) < 4.78 is 0. The van der Waals surface area contributed by atoms with Crippen molar-refractivity contribution >= 4 is 11.8 Å². The van der Waals surface area contributed by atoms with Crippen LogP contribution in [0.5, 0.6) is 0 Å². The van der Waals surface area contributed by atoms with Crippen molar-refractivity contribution in [2.75, 3.05) is 6.54 Å². The van der Waals surface area contributed by atoms with Gasteiger partial charge in [0.25, 0.3) is 0 Å². The summed E-state index contributed by atoms with van der Waals surface area (Å²) in [6, 6.07) is 0.172. The summed E-state index contributed by atoms with van der Waals surface area (Å²) in [6.07, 6.45) is 2.61. The molecular weight excluding hydrogens is 194 g/mol. The number of carbonyl (C=O) groups excluding carboxylic acids is 2. The lowest BCUT2D eigenvalue weighted by atomic mass is 10.0. The molecule has 0 saturated carbocycles. The van der Waals surface area contributed by atoms with Crippen molar-refractivity contribution in [2.45, 2.75) is 39.2 Å². The normalized spacial score (nSPS) is 14.3. The molecule has 0 aromatic rings. The van der Waals surface area contributed by atoms with Crippen LogP contribution in [0.3, 0.4) is 0 Å². The molecule has 0 bridgehead atoms. The monoisotopic (exact) mass is 215 g/mol. The molecule has 0 rings (SSSR count). The molecule has 0 aliphatic carbocycles. The molecule has 0 radical (unpaired) electrons. The van der Waals surface area contributed by atoms with Crippen molar-refractivity contribution < 1.29 is 9.59 Å². The van der Waals surface area contributed by atoms with Gasteiger partial charge in [0.2, 0.25) is 11.8 Å². The number of nitrogens with one attached hydrogen (secondary N) is 1. The van der Waals surface area contributed by atoms with E-state index in [2.05, 4.69) is 5.32 Å². The highest BCUT2D eigenvalue weighted by Gasteiger charge is 2.12. The molecular formula is C10H21N3O2. The quantitative estimate of drug-likeness (QED) is 0.545. The zero-order valence-electron chi connectivity index (χ0n) is 9.45. The van der Waals surface area contributed by atoms with Gasteiger partial charge in [-0.2, -0.15) is 0 Å². The molecule has 2 unspecified atom stereocenters. The van der Waals surface area contributed by atoms with Crippen LogP contribution < -0.4 is 16.8 Å². The molecule has 0 fully saturated rings. The van der Waals surface area contributed by atoms with Gasteiger partial charge in [-0.1, -0.05) is 13.3 Å². The van der Waals surface area contributed by atoms with Gasteiger partial charge in [-0.3, -0.25) is 9.59 Å². The first-order chi connectivity index (χ1) is 6.93. The molecule has 0 aliphatic heterocycles. The fraction of sp³-hybridized carbons (Fsp3) is 0.800. The predicted molar refractivity (Wildman–Crippen MR) is 58.9 cm³/mol. The Labute approximate surface area is 90.6 Å². The Bertz CT molecular complexity index is 217. The van der Waals surface area contributed by atoms with Crippen LogP contribution in [0.2, 0.25) is 0 Å². The first-order valence-corrected chi connectivity index (χ1v) is 5.25. The molecule has 5 N–H and O–H groups in total. The minimum absolute atomic E-state index is 0.0868. The highest BCUT2D eigenvalue weighted by atomic mass is 16.2. The van der Waals surface area contributed by atoms with Crippen LogP contribution in [0.25, 0.3) is 0 Å². The second-order valence-corrected chi connectivity index (χ2v) is 3.99. The third-order valence-electron chi connectivity index (χ3n) is 2.18. The second-order valence-electron chi connectivity index (χ2n) is 3.99. The fourth-order valence-corrected chi connectivity index (χ4v) is 1.23. The Morgan fingerprint density at radius 3 is 2.33 bits per heavy atom. The largest absolute Gasteiger partial charge is 0.368 e. The smallest absolute Gasteiger partial charge is 0.236 e. The summed E-state index contributed by atoms with van der Waals surface area (Å²) in [7, 11) is 0. The van der Waals surface area contributed by atoms with Crippen LogP contribution in [0.4, 0.5) is 0 Å². The number of hydrogen-bond donors (Lipinski definition) is 3. The van der Waals surface area contributed by atoms with Gasteiger partial charge < -0.3 is 16.8 Å².